The van der Waals surface area contributed by atoms with Crippen molar-refractivity contribution in [1.82, 2.24) is 0 Å². The maximum Gasteiger partial charge on any atom is 0.294 e. The minimum Gasteiger partial charge on any atom is -0.282 e. The number of hydrogen-bond acceptors (Lipinski definition) is 3. The van der Waals surface area contributed by atoms with Crippen LogP contribution in [0.5, 0.6) is 0 Å². The molecule has 1 rings (SSSR count). The monoisotopic (exact) mass is 239 g/mol. The zero-order valence-corrected chi connectivity index (χ0v) is 9.57. The number of benzene rings is 1. The van der Waals surface area contributed by atoms with E-state index in [0.29, 0.717) is 18.4 Å². The molecule has 0 aromatic heterocycles. The molecule has 0 unspecified atom stereocenters. The SMILES string of the molecule is N#CCCCCc1ccccc1S(=O)(=O)O. The highest BCUT2D eigenvalue weighted by Gasteiger charge is 2.13. The van der Waals surface area contributed by atoms with Gasteiger partial charge in [0.15, 0.2) is 0 Å². The van der Waals surface area contributed by atoms with Crippen LogP contribution in [0.2, 0.25) is 0 Å². The van der Waals surface area contributed by atoms with Gasteiger partial charge in [-0.05, 0) is 30.9 Å². The third-order valence-electron chi connectivity index (χ3n) is 2.24. The first-order chi connectivity index (χ1) is 7.55. The van der Waals surface area contributed by atoms with Gasteiger partial charge < -0.3 is 0 Å². The maximum absolute atomic E-state index is 11.0. The summed E-state index contributed by atoms with van der Waals surface area (Å²) in [4.78, 5) is -0.0352. The van der Waals surface area contributed by atoms with Crippen molar-refractivity contribution >= 4 is 10.1 Å². The van der Waals surface area contributed by atoms with Crippen molar-refractivity contribution in [1.29, 1.82) is 5.26 Å². The molecule has 1 aromatic carbocycles. The van der Waals surface area contributed by atoms with Crippen LogP contribution in [0.1, 0.15) is 24.8 Å². The lowest BCUT2D eigenvalue weighted by Gasteiger charge is -2.05. The van der Waals surface area contributed by atoms with Gasteiger partial charge in [0.25, 0.3) is 10.1 Å². The fraction of sp³-hybridized carbons (Fsp3) is 0.364. The van der Waals surface area contributed by atoms with Gasteiger partial charge in [0.1, 0.15) is 0 Å². The highest BCUT2D eigenvalue weighted by molar-refractivity contribution is 7.85. The van der Waals surface area contributed by atoms with E-state index in [1.165, 1.54) is 6.07 Å². The van der Waals surface area contributed by atoms with Crippen molar-refractivity contribution < 1.29 is 13.0 Å². The molecule has 4 nitrogen and oxygen atoms in total. The molecule has 0 atom stereocenters. The van der Waals surface area contributed by atoms with Crippen LogP contribution in [0.4, 0.5) is 0 Å². The Balaban J connectivity index is 2.77. The van der Waals surface area contributed by atoms with Crippen molar-refractivity contribution in [2.24, 2.45) is 0 Å². The van der Waals surface area contributed by atoms with Crippen LogP contribution in [0.15, 0.2) is 29.2 Å². The van der Waals surface area contributed by atoms with E-state index >= 15 is 0 Å². The van der Waals surface area contributed by atoms with Crippen LogP contribution in [0, 0.1) is 11.3 Å². The van der Waals surface area contributed by atoms with Gasteiger partial charge in [-0.25, -0.2) is 0 Å². The molecule has 0 saturated carbocycles. The van der Waals surface area contributed by atoms with Crippen LogP contribution >= 0.6 is 0 Å². The molecule has 1 N–H and O–H groups in total. The van der Waals surface area contributed by atoms with Gasteiger partial charge in [-0.3, -0.25) is 4.55 Å². The predicted molar refractivity (Wildman–Crippen MR) is 59.4 cm³/mol. The Labute approximate surface area is 95.3 Å². The standard InChI is InChI=1S/C11H13NO3S/c12-9-5-1-2-6-10-7-3-4-8-11(10)16(13,14)15/h3-4,7-8H,1-2,5-6H2,(H,13,14,15). The van der Waals surface area contributed by atoms with Gasteiger partial charge >= 0.3 is 0 Å². The summed E-state index contributed by atoms with van der Waals surface area (Å²) in [6.07, 6.45) is 2.49. The number of nitriles is 1. The minimum atomic E-state index is -4.14. The van der Waals surface area contributed by atoms with Crippen LogP contribution in [-0.2, 0) is 16.5 Å². The molecular weight excluding hydrogens is 226 g/mol. The summed E-state index contributed by atoms with van der Waals surface area (Å²) in [6.45, 7) is 0. The Morgan fingerprint density at radius 2 is 1.94 bits per heavy atom. The Morgan fingerprint density at radius 1 is 1.25 bits per heavy atom. The first-order valence-electron chi connectivity index (χ1n) is 4.98. The van der Waals surface area contributed by atoms with E-state index in [9.17, 15) is 8.42 Å². The third-order valence-corrected chi connectivity index (χ3v) is 3.19. The van der Waals surface area contributed by atoms with Crippen LogP contribution < -0.4 is 0 Å². The molecule has 0 aliphatic heterocycles. The van der Waals surface area contributed by atoms with Crippen molar-refractivity contribution in [3.8, 4) is 6.07 Å². The molecule has 0 spiro atoms. The van der Waals surface area contributed by atoms with Gasteiger partial charge in [-0.2, -0.15) is 13.7 Å². The molecule has 0 heterocycles. The van der Waals surface area contributed by atoms with Crippen LogP contribution in [0.3, 0.4) is 0 Å². The highest BCUT2D eigenvalue weighted by Crippen LogP contribution is 2.17. The van der Waals surface area contributed by atoms with Crippen LogP contribution in [0.25, 0.3) is 0 Å². The fourth-order valence-corrected chi connectivity index (χ4v) is 2.23. The summed E-state index contributed by atoms with van der Waals surface area (Å²) >= 11 is 0. The summed E-state index contributed by atoms with van der Waals surface area (Å²) < 4.78 is 31.1. The molecule has 1 aromatic rings. The smallest absolute Gasteiger partial charge is 0.282 e. The summed E-state index contributed by atoms with van der Waals surface area (Å²) in [5.74, 6) is 0. The lowest BCUT2D eigenvalue weighted by molar-refractivity contribution is 0.482. The molecule has 0 fully saturated rings. The Hall–Kier alpha value is -1.38. The van der Waals surface area contributed by atoms with Crippen molar-refractivity contribution in [3.05, 3.63) is 29.8 Å². The topological polar surface area (TPSA) is 78.2 Å². The zero-order chi connectivity index (χ0) is 12.0. The largest absolute Gasteiger partial charge is 0.294 e. The molecule has 16 heavy (non-hydrogen) atoms. The number of rotatable bonds is 5. The molecule has 0 aliphatic carbocycles. The molecule has 0 saturated heterocycles. The van der Waals surface area contributed by atoms with Crippen molar-refractivity contribution in [2.75, 3.05) is 0 Å². The average Bonchev–Trinajstić information content (AvgIpc) is 2.24. The van der Waals surface area contributed by atoms with Crippen molar-refractivity contribution in [2.45, 2.75) is 30.6 Å². The van der Waals surface area contributed by atoms with Gasteiger partial charge in [-0.15, -0.1) is 0 Å². The molecule has 0 aliphatic rings. The normalized spacial score (nSPS) is 11.0. The summed E-state index contributed by atoms with van der Waals surface area (Å²) in [5, 5.41) is 8.36. The minimum absolute atomic E-state index is 0.0352. The summed E-state index contributed by atoms with van der Waals surface area (Å²) in [6, 6.07) is 8.39. The fourth-order valence-electron chi connectivity index (χ4n) is 1.48. The number of hydrogen-bond donors (Lipinski definition) is 1. The number of unbranched alkanes of at least 4 members (excludes halogenated alkanes) is 2. The zero-order valence-electron chi connectivity index (χ0n) is 8.76. The van der Waals surface area contributed by atoms with Gasteiger partial charge in [0, 0.05) is 6.42 Å². The molecule has 86 valence electrons. The molecule has 5 heteroatoms. The Bertz CT molecular complexity index is 488. The van der Waals surface area contributed by atoms with E-state index < -0.39 is 10.1 Å². The molecular formula is C11H13NO3S. The molecule has 0 radical (unpaired) electrons. The first kappa shape index (κ1) is 12.7. The second-order valence-corrected chi connectivity index (χ2v) is 4.84. The quantitative estimate of drug-likeness (QED) is 0.631. The lowest BCUT2D eigenvalue weighted by atomic mass is 10.1. The predicted octanol–water partition coefficient (Wildman–Crippen LogP) is 2.17. The number of aryl methyl sites for hydroxylation is 1. The summed E-state index contributed by atoms with van der Waals surface area (Å²) in [5.41, 5.74) is 0.600. The van der Waals surface area contributed by atoms with Gasteiger partial charge in [0.05, 0.1) is 11.0 Å². The van der Waals surface area contributed by atoms with E-state index in [1.807, 2.05) is 6.07 Å². The van der Waals surface area contributed by atoms with Crippen LogP contribution in [-0.4, -0.2) is 13.0 Å². The average molecular weight is 239 g/mol. The number of nitrogens with zero attached hydrogens (tertiary/aromatic N) is 1. The Kier molecular flexibility index (Phi) is 4.47. The van der Waals surface area contributed by atoms with E-state index in [2.05, 4.69) is 0 Å². The summed E-state index contributed by atoms with van der Waals surface area (Å²) in [7, 11) is -4.14. The lowest BCUT2D eigenvalue weighted by Crippen LogP contribution is -2.03. The third kappa shape index (κ3) is 3.65. The highest BCUT2D eigenvalue weighted by atomic mass is 32.2. The second-order valence-electron chi connectivity index (χ2n) is 3.45. The van der Waals surface area contributed by atoms with Crippen molar-refractivity contribution in [3.63, 3.8) is 0 Å². The van der Waals surface area contributed by atoms with E-state index in [1.54, 1.807) is 18.2 Å². The first-order valence-corrected chi connectivity index (χ1v) is 6.42. The molecule has 0 amide bonds. The van der Waals surface area contributed by atoms with Gasteiger partial charge in [0.2, 0.25) is 0 Å². The second kappa shape index (κ2) is 5.64. The maximum atomic E-state index is 11.0. The Morgan fingerprint density at radius 3 is 2.56 bits per heavy atom. The van der Waals surface area contributed by atoms with Gasteiger partial charge in [-0.1, -0.05) is 18.2 Å². The van der Waals surface area contributed by atoms with E-state index in [4.69, 9.17) is 9.81 Å². The van der Waals surface area contributed by atoms with E-state index in [-0.39, 0.29) is 4.90 Å². The molecule has 0 bridgehead atoms. The van der Waals surface area contributed by atoms with E-state index in [0.717, 1.165) is 12.8 Å².